The molecule has 1 N–H and O–H groups in total. The summed E-state index contributed by atoms with van der Waals surface area (Å²) in [6.07, 6.45) is 0.265. The number of methoxy groups -OCH3 is 1. The van der Waals surface area contributed by atoms with E-state index >= 15 is 0 Å². The van der Waals surface area contributed by atoms with Gasteiger partial charge in [0.2, 0.25) is 5.91 Å². The predicted octanol–water partition coefficient (Wildman–Crippen LogP) is 4.73. The van der Waals surface area contributed by atoms with Crippen LogP contribution in [0.15, 0.2) is 53.4 Å². The average Bonchev–Trinajstić information content (AvgIpc) is 2.72. The first-order valence-electron chi connectivity index (χ1n) is 10.3. The van der Waals surface area contributed by atoms with Gasteiger partial charge in [0.1, 0.15) is 6.10 Å². The van der Waals surface area contributed by atoms with Crippen LogP contribution in [0.25, 0.3) is 0 Å². The Balaban J connectivity index is 1.89. The fourth-order valence-corrected chi connectivity index (χ4v) is 3.78. The number of ether oxygens (including phenoxy) is 3. The lowest BCUT2D eigenvalue weighted by Crippen LogP contribution is -2.40. The largest absolute Gasteiger partial charge is 0.493 e. The second-order valence-corrected chi connectivity index (χ2v) is 8.58. The smallest absolute Gasteiger partial charge is 0.250 e. The van der Waals surface area contributed by atoms with Gasteiger partial charge in [0.25, 0.3) is 0 Å². The Hall–Kier alpha value is -2.18. The highest BCUT2D eigenvalue weighted by Crippen LogP contribution is 2.29. The zero-order chi connectivity index (χ0) is 21.9. The molecule has 0 saturated carbocycles. The number of thioether (sulfide) groups is 1. The van der Waals surface area contributed by atoms with E-state index in [2.05, 4.69) is 5.32 Å². The number of amides is 1. The monoisotopic (exact) mass is 431 g/mol. The zero-order valence-corrected chi connectivity index (χ0v) is 19.3. The molecule has 5 nitrogen and oxygen atoms in total. The highest BCUT2D eigenvalue weighted by atomic mass is 32.2. The maximum absolute atomic E-state index is 12.7. The Morgan fingerprint density at radius 3 is 2.37 bits per heavy atom. The summed E-state index contributed by atoms with van der Waals surface area (Å²) < 4.78 is 17.0. The van der Waals surface area contributed by atoms with Crippen LogP contribution in [0.4, 0.5) is 0 Å². The molecule has 30 heavy (non-hydrogen) atoms. The highest BCUT2D eigenvalue weighted by Gasteiger charge is 2.20. The van der Waals surface area contributed by atoms with Crippen molar-refractivity contribution in [3.05, 3.63) is 54.1 Å². The molecule has 1 amide bonds. The number of hydrogen-bond acceptors (Lipinski definition) is 5. The van der Waals surface area contributed by atoms with Gasteiger partial charge in [0, 0.05) is 17.2 Å². The maximum Gasteiger partial charge on any atom is 0.250 e. The summed E-state index contributed by atoms with van der Waals surface area (Å²) in [5.74, 6) is 1.92. The first-order valence-corrected chi connectivity index (χ1v) is 11.3. The van der Waals surface area contributed by atoms with E-state index in [0.717, 1.165) is 16.2 Å². The van der Waals surface area contributed by atoms with Crippen LogP contribution in [0.3, 0.4) is 0 Å². The minimum absolute atomic E-state index is 0.0186. The van der Waals surface area contributed by atoms with Crippen LogP contribution < -0.4 is 14.8 Å². The van der Waals surface area contributed by atoms with Crippen molar-refractivity contribution in [1.82, 2.24) is 5.32 Å². The molecular formula is C24H33NO4S. The van der Waals surface area contributed by atoms with Crippen molar-refractivity contribution in [1.29, 1.82) is 0 Å². The molecule has 0 heterocycles. The van der Waals surface area contributed by atoms with Gasteiger partial charge in [0.15, 0.2) is 11.5 Å². The fraction of sp³-hybridized carbons (Fsp3) is 0.458. The molecular weight excluding hydrogens is 398 g/mol. The summed E-state index contributed by atoms with van der Waals surface area (Å²) in [5, 5.41) is 3.01. The first kappa shape index (κ1) is 24.1. The summed E-state index contributed by atoms with van der Waals surface area (Å²) in [6.45, 7) is 8.38. The number of rotatable bonds is 12. The van der Waals surface area contributed by atoms with Crippen molar-refractivity contribution in [2.45, 2.75) is 57.3 Å². The molecule has 2 aromatic carbocycles. The molecule has 0 saturated heterocycles. The average molecular weight is 432 g/mol. The van der Waals surface area contributed by atoms with Gasteiger partial charge in [-0.3, -0.25) is 4.79 Å². The quantitative estimate of drug-likeness (QED) is 0.493. The summed E-state index contributed by atoms with van der Waals surface area (Å²) in [4.78, 5) is 13.8. The van der Waals surface area contributed by atoms with E-state index < -0.39 is 6.10 Å². The first-order chi connectivity index (χ1) is 14.4. The van der Waals surface area contributed by atoms with Crippen LogP contribution >= 0.6 is 11.8 Å². The molecule has 6 heteroatoms. The molecule has 1 atom stereocenters. The second-order valence-electron chi connectivity index (χ2n) is 7.49. The van der Waals surface area contributed by atoms with Gasteiger partial charge in [-0.2, -0.15) is 0 Å². The SMILES string of the molecule is COc1cc(CCNC(=O)C(CSc2ccccc2)OC(C)C)ccc1OC(C)C. The third kappa shape index (κ3) is 8.28. The molecule has 0 aromatic heterocycles. The van der Waals surface area contributed by atoms with Gasteiger partial charge < -0.3 is 19.5 Å². The Kier molecular flexibility index (Phi) is 10.0. The number of nitrogens with one attached hydrogen (secondary N) is 1. The van der Waals surface area contributed by atoms with Crippen LogP contribution in [0.1, 0.15) is 33.3 Å². The summed E-state index contributed by atoms with van der Waals surface area (Å²) in [6, 6.07) is 15.9. The Bertz CT molecular complexity index is 780. The minimum Gasteiger partial charge on any atom is -0.493 e. The molecule has 2 rings (SSSR count). The molecule has 0 bridgehead atoms. The molecule has 0 aliphatic heterocycles. The lowest BCUT2D eigenvalue weighted by molar-refractivity contribution is -0.133. The van der Waals surface area contributed by atoms with E-state index in [4.69, 9.17) is 14.2 Å². The molecule has 2 aromatic rings. The Labute approximate surface area is 184 Å². The molecule has 0 spiro atoms. The topological polar surface area (TPSA) is 56.8 Å². The van der Waals surface area contributed by atoms with Crippen molar-refractivity contribution >= 4 is 17.7 Å². The van der Waals surface area contributed by atoms with E-state index in [-0.39, 0.29) is 18.1 Å². The summed E-state index contributed by atoms with van der Waals surface area (Å²) in [5.41, 5.74) is 1.07. The van der Waals surface area contributed by atoms with Crippen molar-refractivity contribution in [2.24, 2.45) is 0 Å². The van der Waals surface area contributed by atoms with Crippen molar-refractivity contribution in [3.8, 4) is 11.5 Å². The summed E-state index contributed by atoms with van der Waals surface area (Å²) >= 11 is 1.62. The van der Waals surface area contributed by atoms with Gasteiger partial charge in [-0.15, -0.1) is 11.8 Å². The number of hydrogen-bond donors (Lipinski definition) is 1. The van der Waals surface area contributed by atoms with E-state index in [1.165, 1.54) is 0 Å². The fourth-order valence-electron chi connectivity index (χ4n) is 2.86. The van der Waals surface area contributed by atoms with E-state index in [0.29, 0.717) is 24.5 Å². The van der Waals surface area contributed by atoms with Crippen molar-refractivity contribution < 1.29 is 19.0 Å². The lowest BCUT2D eigenvalue weighted by Gasteiger charge is -2.20. The van der Waals surface area contributed by atoms with Gasteiger partial charge in [-0.1, -0.05) is 24.3 Å². The third-order valence-corrected chi connectivity index (χ3v) is 5.25. The molecule has 164 valence electrons. The normalized spacial score (nSPS) is 12.1. The predicted molar refractivity (Wildman–Crippen MR) is 123 cm³/mol. The third-order valence-electron chi connectivity index (χ3n) is 4.18. The molecule has 1 unspecified atom stereocenters. The van der Waals surface area contributed by atoms with Crippen molar-refractivity contribution in [2.75, 3.05) is 19.4 Å². The van der Waals surface area contributed by atoms with Crippen LogP contribution in [-0.2, 0) is 16.0 Å². The zero-order valence-electron chi connectivity index (χ0n) is 18.5. The number of benzene rings is 2. The Morgan fingerprint density at radius 1 is 1.00 bits per heavy atom. The van der Waals surface area contributed by atoms with Crippen LogP contribution in [-0.4, -0.2) is 43.6 Å². The van der Waals surface area contributed by atoms with Crippen LogP contribution in [0.2, 0.25) is 0 Å². The molecule has 0 fully saturated rings. The van der Waals surface area contributed by atoms with E-state index in [1.54, 1.807) is 18.9 Å². The van der Waals surface area contributed by atoms with E-state index in [9.17, 15) is 4.79 Å². The maximum atomic E-state index is 12.7. The van der Waals surface area contributed by atoms with Gasteiger partial charge in [0.05, 0.1) is 19.3 Å². The van der Waals surface area contributed by atoms with Gasteiger partial charge >= 0.3 is 0 Å². The van der Waals surface area contributed by atoms with Crippen LogP contribution in [0.5, 0.6) is 11.5 Å². The molecule has 0 aliphatic carbocycles. The highest BCUT2D eigenvalue weighted by molar-refractivity contribution is 7.99. The van der Waals surface area contributed by atoms with Crippen molar-refractivity contribution in [3.63, 3.8) is 0 Å². The number of carbonyl (C=O) groups excluding carboxylic acids is 1. The Morgan fingerprint density at radius 2 is 1.73 bits per heavy atom. The standard InChI is InChI=1S/C24H33NO4S/c1-17(2)28-21-12-11-19(15-22(21)27-5)13-14-25-24(26)23(29-18(3)4)16-30-20-9-7-6-8-10-20/h6-12,15,17-18,23H,13-14,16H2,1-5H3,(H,25,26). The second kappa shape index (κ2) is 12.5. The van der Waals surface area contributed by atoms with Crippen LogP contribution in [0, 0.1) is 0 Å². The minimum atomic E-state index is -0.494. The number of carbonyl (C=O) groups is 1. The molecule has 0 radical (unpaired) electrons. The molecule has 0 aliphatic rings. The van der Waals surface area contributed by atoms with Gasteiger partial charge in [-0.25, -0.2) is 0 Å². The lowest BCUT2D eigenvalue weighted by atomic mass is 10.1. The van der Waals surface area contributed by atoms with Gasteiger partial charge in [-0.05, 0) is 63.9 Å². The summed E-state index contributed by atoms with van der Waals surface area (Å²) in [7, 11) is 1.63. The van der Waals surface area contributed by atoms with E-state index in [1.807, 2.05) is 76.2 Å².